The van der Waals surface area contributed by atoms with E-state index in [-0.39, 0.29) is 18.6 Å². The molecule has 2 aromatic rings. The number of aromatic nitrogens is 1. The Hall–Kier alpha value is -2.87. The molecule has 138 valence electrons. The monoisotopic (exact) mass is 360 g/mol. The quantitative estimate of drug-likeness (QED) is 0.611. The number of hydrogen-bond donors (Lipinski definition) is 3. The third-order valence-electron chi connectivity index (χ3n) is 4.36. The molecule has 0 saturated heterocycles. The third kappa shape index (κ3) is 3.70. The van der Waals surface area contributed by atoms with Gasteiger partial charge in [0.1, 0.15) is 5.56 Å². The molecular weight excluding hydrogens is 340 g/mol. The van der Waals surface area contributed by atoms with Gasteiger partial charge in [0.25, 0.3) is 0 Å². The zero-order valence-electron chi connectivity index (χ0n) is 14.2. The van der Waals surface area contributed by atoms with Crippen molar-refractivity contribution in [3.8, 4) is 0 Å². The highest BCUT2D eigenvalue weighted by Gasteiger charge is 2.19. The number of benzene rings is 1. The fourth-order valence-corrected chi connectivity index (χ4v) is 3.22. The Morgan fingerprint density at radius 1 is 1.23 bits per heavy atom. The predicted octanol–water partition coefficient (Wildman–Crippen LogP) is 1.55. The van der Waals surface area contributed by atoms with Crippen LogP contribution in [0.25, 0.3) is 10.9 Å². The third-order valence-corrected chi connectivity index (χ3v) is 4.36. The molecule has 8 heteroatoms. The molecule has 26 heavy (non-hydrogen) atoms. The summed E-state index contributed by atoms with van der Waals surface area (Å²) in [6, 6.07) is 3.64. The van der Waals surface area contributed by atoms with Crippen LogP contribution in [0.5, 0.6) is 0 Å². The summed E-state index contributed by atoms with van der Waals surface area (Å²) in [7, 11) is 0. The maximum Gasteiger partial charge on any atom is 0.341 e. The molecule has 0 saturated carbocycles. The number of carbonyl (C=O) groups is 2. The molecule has 0 unspecified atom stereocenters. The fourth-order valence-electron chi connectivity index (χ4n) is 3.22. The van der Waals surface area contributed by atoms with Crippen LogP contribution in [-0.4, -0.2) is 46.5 Å². The lowest BCUT2D eigenvalue weighted by Gasteiger charge is -2.21. The molecule has 0 atom stereocenters. The Morgan fingerprint density at radius 3 is 2.77 bits per heavy atom. The highest BCUT2D eigenvalue weighted by atomic mass is 16.5. The molecule has 0 bridgehead atoms. The lowest BCUT2D eigenvalue weighted by Crippen LogP contribution is -2.22. The minimum absolute atomic E-state index is 0.0440. The van der Waals surface area contributed by atoms with Gasteiger partial charge in [-0.2, -0.15) is 0 Å². The summed E-state index contributed by atoms with van der Waals surface area (Å²) >= 11 is 0. The first-order chi connectivity index (χ1) is 12.5. The van der Waals surface area contributed by atoms with Crippen LogP contribution in [0, 0.1) is 0 Å². The van der Waals surface area contributed by atoms with Gasteiger partial charge in [0.05, 0.1) is 25.2 Å². The number of aromatic carboxylic acids is 1. The number of carboxylic acids is 2. The van der Waals surface area contributed by atoms with Crippen LogP contribution in [0.1, 0.15) is 28.8 Å². The normalized spacial score (nSPS) is 12.9. The number of aliphatic carboxylic acids is 1. The molecule has 0 spiro atoms. The molecule has 0 aliphatic carbocycles. The second-order valence-electron chi connectivity index (χ2n) is 6.19. The van der Waals surface area contributed by atoms with Gasteiger partial charge in [0.2, 0.25) is 5.43 Å². The van der Waals surface area contributed by atoms with E-state index in [9.17, 15) is 19.5 Å². The summed E-state index contributed by atoms with van der Waals surface area (Å²) in [5.41, 5.74) is 1.83. The molecule has 1 aliphatic rings. The molecule has 1 aliphatic heterocycles. The van der Waals surface area contributed by atoms with Gasteiger partial charge in [-0.15, -0.1) is 0 Å². The van der Waals surface area contributed by atoms with E-state index in [1.807, 2.05) is 10.6 Å². The largest absolute Gasteiger partial charge is 0.481 e. The zero-order valence-corrected chi connectivity index (χ0v) is 14.2. The molecule has 1 aromatic carbocycles. The van der Waals surface area contributed by atoms with E-state index in [0.29, 0.717) is 25.1 Å². The minimum atomic E-state index is -1.22. The fraction of sp³-hybridized carbons (Fsp3) is 0.389. The van der Waals surface area contributed by atoms with E-state index in [1.54, 1.807) is 6.07 Å². The SMILES string of the molecule is O=C(O)CCOCCNc1cc2c3c(c1)c(=O)c(C(=O)O)cn3CCC2. The highest BCUT2D eigenvalue weighted by Crippen LogP contribution is 2.27. The Morgan fingerprint density at radius 2 is 2.04 bits per heavy atom. The van der Waals surface area contributed by atoms with Crippen molar-refractivity contribution >= 4 is 28.5 Å². The van der Waals surface area contributed by atoms with Crippen molar-refractivity contribution in [2.45, 2.75) is 25.8 Å². The van der Waals surface area contributed by atoms with Gasteiger partial charge in [-0.3, -0.25) is 9.59 Å². The molecule has 8 nitrogen and oxygen atoms in total. The summed E-state index contributed by atoms with van der Waals surface area (Å²) in [5, 5.41) is 21.4. The molecular formula is C18H20N2O6. The molecule has 0 radical (unpaired) electrons. The average Bonchev–Trinajstić information content (AvgIpc) is 2.60. The van der Waals surface area contributed by atoms with E-state index in [2.05, 4.69) is 5.32 Å². The van der Waals surface area contributed by atoms with Gasteiger partial charge in [-0.1, -0.05) is 0 Å². The number of aryl methyl sites for hydroxylation is 2. The van der Waals surface area contributed by atoms with Crippen LogP contribution >= 0.6 is 0 Å². The summed E-state index contributed by atoms with van der Waals surface area (Å²) < 4.78 is 7.07. The second-order valence-corrected chi connectivity index (χ2v) is 6.19. The average molecular weight is 360 g/mol. The van der Waals surface area contributed by atoms with Gasteiger partial charge in [0.15, 0.2) is 0 Å². The van der Waals surface area contributed by atoms with Crippen LogP contribution in [-0.2, 0) is 22.5 Å². The molecule has 1 aromatic heterocycles. The van der Waals surface area contributed by atoms with Crippen molar-refractivity contribution in [1.82, 2.24) is 4.57 Å². The summed E-state index contributed by atoms with van der Waals surface area (Å²) in [4.78, 5) is 34.3. The van der Waals surface area contributed by atoms with Crippen molar-refractivity contribution < 1.29 is 24.5 Å². The van der Waals surface area contributed by atoms with Crippen molar-refractivity contribution in [3.05, 3.63) is 39.7 Å². The van der Waals surface area contributed by atoms with Gasteiger partial charge >= 0.3 is 11.9 Å². The van der Waals surface area contributed by atoms with E-state index in [4.69, 9.17) is 9.84 Å². The number of hydrogen-bond acceptors (Lipinski definition) is 5. The minimum Gasteiger partial charge on any atom is -0.481 e. The van der Waals surface area contributed by atoms with Gasteiger partial charge < -0.3 is 24.8 Å². The van der Waals surface area contributed by atoms with Crippen molar-refractivity contribution in [1.29, 1.82) is 0 Å². The summed E-state index contributed by atoms with van der Waals surface area (Å²) in [5.74, 6) is -2.13. The highest BCUT2D eigenvalue weighted by molar-refractivity contribution is 5.94. The van der Waals surface area contributed by atoms with E-state index < -0.39 is 17.4 Å². The zero-order chi connectivity index (χ0) is 18.7. The Bertz CT molecular complexity index is 918. The van der Waals surface area contributed by atoms with Crippen molar-refractivity contribution in [2.24, 2.45) is 0 Å². The number of anilines is 1. The predicted molar refractivity (Wildman–Crippen MR) is 95.0 cm³/mol. The van der Waals surface area contributed by atoms with Gasteiger partial charge in [-0.05, 0) is 30.5 Å². The molecule has 0 fully saturated rings. The van der Waals surface area contributed by atoms with E-state index in [1.165, 1.54) is 6.20 Å². The Kier molecular flexibility index (Phi) is 5.22. The number of rotatable bonds is 8. The molecule has 3 rings (SSSR count). The Balaban J connectivity index is 1.82. The van der Waals surface area contributed by atoms with Crippen molar-refractivity contribution in [2.75, 3.05) is 25.1 Å². The number of nitrogens with one attached hydrogen (secondary N) is 1. The van der Waals surface area contributed by atoms with Crippen LogP contribution in [0.4, 0.5) is 5.69 Å². The lowest BCUT2D eigenvalue weighted by atomic mass is 9.98. The number of carboxylic acid groups (broad SMARTS) is 2. The first-order valence-corrected chi connectivity index (χ1v) is 8.44. The van der Waals surface area contributed by atoms with Gasteiger partial charge in [-0.25, -0.2) is 4.79 Å². The Labute approximate surface area is 149 Å². The molecule has 3 N–H and O–H groups in total. The van der Waals surface area contributed by atoms with Crippen LogP contribution in [0.3, 0.4) is 0 Å². The molecule has 2 heterocycles. The summed E-state index contributed by atoms with van der Waals surface area (Å²) in [6.07, 6.45) is 3.09. The standard InChI is InChI=1S/C18H20N2O6/c21-15(22)3-6-26-7-4-19-12-8-11-2-1-5-20-10-14(18(24)25)17(23)13(9-12)16(11)20/h8-10,19H,1-7H2,(H,21,22)(H,24,25). The van der Waals surface area contributed by atoms with Crippen LogP contribution in [0.15, 0.2) is 23.1 Å². The number of pyridine rings is 1. The van der Waals surface area contributed by atoms with E-state index in [0.717, 1.165) is 29.6 Å². The molecule has 0 amide bonds. The second kappa shape index (κ2) is 7.57. The number of nitrogens with zero attached hydrogens (tertiary/aromatic N) is 1. The van der Waals surface area contributed by atoms with Gasteiger partial charge in [0, 0.05) is 30.4 Å². The van der Waals surface area contributed by atoms with Crippen LogP contribution < -0.4 is 10.7 Å². The lowest BCUT2D eigenvalue weighted by molar-refractivity contribution is -0.138. The first kappa shape index (κ1) is 17.9. The smallest absolute Gasteiger partial charge is 0.341 e. The topological polar surface area (TPSA) is 118 Å². The van der Waals surface area contributed by atoms with Crippen molar-refractivity contribution in [3.63, 3.8) is 0 Å². The maximum absolute atomic E-state index is 12.5. The number of ether oxygens (including phenoxy) is 1. The first-order valence-electron chi connectivity index (χ1n) is 8.44. The van der Waals surface area contributed by atoms with E-state index >= 15 is 0 Å². The van der Waals surface area contributed by atoms with Crippen LogP contribution in [0.2, 0.25) is 0 Å². The maximum atomic E-state index is 12.5. The summed E-state index contributed by atoms with van der Waals surface area (Å²) in [6.45, 7) is 1.62.